The molecule has 1 saturated heterocycles. The molecule has 1 aliphatic heterocycles. The van der Waals surface area contributed by atoms with E-state index in [2.05, 4.69) is 4.90 Å². The Morgan fingerprint density at radius 3 is 2.22 bits per heavy atom. The average Bonchev–Trinajstić information content (AvgIpc) is 2.69. The van der Waals surface area contributed by atoms with Crippen LogP contribution < -0.4 is 5.73 Å². The van der Waals surface area contributed by atoms with Crippen molar-refractivity contribution >= 4 is 11.7 Å². The summed E-state index contributed by atoms with van der Waals surface area (Å²) in [6.45, 7) is 2.36. The quantitative estimate of drug-likeness (QED) is 0.763. The van der Waals surface area contributed by atoms with Gasteiger partial charge in [-0.1, -0.05) is 30.3 Å². The Morgan fingerprint density at radius 1 is 1.00 bits per heavy atom. The van der Waals surface area contributed by atoms with Gasteiger partial charge in [0.1, 0.15) is 5.82 Å². The number of carbonyl (C=O) groups is 2. The second-order valence-corrected chi connectivity index (χ2v) is 7.19. The van der Waals surface area contributed by atoms with Gasteiger partial charge in [0.15, 0.2) is 5.78 Å². The van der Waals surface area contributed by atoms with Gasteiger partial charge in [-0.3, -0.25) is 9.59 Å². The second kappa shape index (κ2) is 8.44. The van der Waals surface area contributed by atoms with Crippen LogP contribution in [0.1, 0.15) is 41.6 Å². The fourth-order valence-corrected chi connectivity index (χ4v) is 3.84. The van der Waals surface area contributed by atoms with E-state index in [0.717, 1.165) is 31.6 Å². The molecule has 27 heavy (non-hydrogen) atoms. The molecule has 1 heterocycles. The smallest absolute Gasteiger partial charge is 0.228 e. The van der Waals surface area contributed by atoms with E-state index in [9.17, 15) is 14.0 Å². The number of nitrogens with zero attached hydrogens (tertiary/aromatic N) is 1. The van der Waals surface area contributed by atoms with Crippen molar-refractivity contribution in [3.05, 3.63) is 71.5 Å². The molecule has 0 saturated carbocycles. The normalized spacial score (nSPS) is 16.8. The summed E-state index contributed by atoms with van der Waals surface area (Å²) in [4.78, 5) is 26.7. The molecule has 1 aliphatic rings. The molecule has 0 bridgehead atoms. The zero-order valence-electron chi connectivity index (χ0n) is 15.4. The molecule has 5 heteroatoms. The first-order valence-electron chi connectivity index (χ1n) is 9.38. The molecule has 142 valence electrons. The van der Waals surface area contributed by atoms with Crippen LogP contribution in [0.4, 0.5) is 4.39 Å². The van der Waals surface area contributed by atoms with Gasteiger partial charge in [0.25, 0.3) is 0 Å². The third kappa shape index (κ3) is 4.42. The summed E-state index contributed by atoms with van der Waals surface area (Å²) < 4.78 is 12.9. The molecular weight excluding hydrogens is 343 g/mol. The van der Waals surface area contributed by atoms with Crippen LogP contribution in [0, 0.1) is 5.82 Å². The number of ketones is 1. The van der Waals surface area contributed by atoms with Gasteiger partial charge >= 0.3 is 0 Å². The lowest BCUT2D eigenvalue weighted by molar-refractivity contribution is -0.125. The second-order valence-electron chi connectivity index (χ2n) is 7.19. The van der Waals surface area contributed by atoms with E-state index >= 15 is 0 Å². The van der Waals surface area contributed by atoms with Crippen molar-refractivity contribution in [2.75, 3.05) is 19.6 Å². The van der Waals surface area contributed by atoms with E-state index in [1.807, 2.05) is 30.3 Å². The van der Waals surface area contributed by atoms with E-state index in [1.165, 1.54) is 24.3 Å². The number of hydrogen-bond acceptors (Lipinski definition) is 3. The maximum absolute atomic E-state index is 12.9. The van der Waals surface area contributed by atoms with Crippen molar-refractivity contribution in [2.24, 2.45) is 5.73 Å². The molecule has 2 aromatic rings. The summed E-state index contributed by atoms with van der Waals surface area (Å²) >= 11 is 0. The van der Waals surface area contributed by atoms with Crippen molar-refractivity contribution < 1.29 is 14.0 Å². The standard InChI is InChI=1S/C22H25FN2O2/c23-19-10-8-17(9-11-19)20(26)7-4-14-25-15-12-22(13-16-25,21(24)27)18-5-2-1-3-6-18/h1-3,5-6,8-11H,4,7,12-16H2,(H2,24,27). The predicted octanol–water partition coefficient (Wildman–Crippen LogP) is 3.31. The van der Waals surface area contributed by atoms with Gasteiger partial charge in [-0.25, -0.2) is 4.39 Å². The summed E-state index contributed by atoms with van der Waals surface area (Å²) in [5.41, 5.74) is 6.71. The molecule has 3 rings (SSSR count). The van der Waals surface area contributed by atoms with Crippen LogP contribution in [0.5, 0.6) is 0 Å². The number of piperidine rings is 1. The van der Waals surface area contributed by atoms with Gasteiger partial charge in [0.05, 0.1) is 5.41 Å². The molecule has 0 unspecified atom stereocenters. The number of nitrogens with two attached hydrogens (primary N) is 1. The molecule has 0 aliphatic carbocycles. The number of halogens is 1. The monoisotopic (exact) mass is 368 g/mol. The minimum absolute atomic E-state index is 0.0303. The Bertz CT molecular complexity index is 782. The highest BCUT2D eigenvalue weighted by Crippen LogP contribution is 2.35. The number of rotatable bonds is 7. The lowest BCUT2D eigenvalue weighted by Gasteiger charge is -2.40. The van der Waals surface area contributed by atoms with E-state index in [-0.39, 0.29) is 17.5 Å². The molecule has 4 nitrogen and oxygen atoms in total. The number of primary amides is 1. The van der Waals surface area contributed by atoms with Crippen LogP contribution >= 0.6 is 0 Å². The fraction of sp³-hybridized carbons (Fsp3) is 0.364. The number of likely N-dealkylation sites (tertiary alicyclic amines) is 1. The maximum Gasteiger partial charge on any atom is 0.228 e. The Balaban J connectivity index is 1.51. The van der Waals surface area contributed by atoms with Gasteiger partial charge < -0.3 is 10.6 Å². The zero-order chi connectivity index (χ0) is 19.3. The molecule has 0 atom stereocenters. The molecule has 1 amide bonds. The van der Waals surface area contributed by atoms with Crippen LogP contribution in [-0.4, -0.2) is 36.2 Å². The van der Waals surface area contributed by atoms with Crippen molar-refractivity contribution in [3.8, 4) is 0 Å². The number of carbonyl (C=O) groups excluding carboxylic acids is 2. The van der Waals surface area contributed by atoms with Gasteiger partial charge in [-0.15, -0.1) is 0 Å². The van der Waals surface area contributed by atoms with Gasteiger partial charge in [-0.2, -0.15) is 0 Å². The number of benzene rings is 2. The lowest BCUT2D eigenvalue weighted by atomic mass is 9.72. The molecule has 0 spiro atoms. The Labute approximate surface area is 159 Å². The largest absolute Gasteiger partial charge is 0.369 e. The first kappa shape index (κ1) is 19.2. The number of hydrogen-bond donors (Lipinski definition) is 1. The SMILES string of the molecule is NC(=O)C1(c2ccccc2)CCN(CCCC(=O)c2ccc(F)cc2)CC1. The molecule has 2 N–H and O–H groups in total. The van der Waals surface area contributed by atoms with Gasteiger partial charge in [-0.05, 0) is 68.7 Å². The van der Waals surface area contributed by atoms with Crippen LogP contribution in [0.25, 0.3) is 0 Å². The lowest BCUT2D eigenvalue weighted by Crippen LogP contribution is -2.50. The Morgan fingerprint density at radius 2 is 1.63 bits per heavy atom. The third-order valence-electron chi connectivity index (χ3n) is 5.55. The minimum Gasteiger partial charge on any atom is -0.369 e. The summed E-state index contributed by atoms with van der Waals surface area (Å²) in [6.07, 6.45) is 2.56. The summed E-state index contributed by atoms with van der Waals surface area (Å²) in [7, 11) is 0. The highest BCUT2D eigenvalue weighted by Gasteiger charge is 2.41. The first-order valence-corrected chi connectivity index (χ1v) is 9.38. The van der Waals surface area contributed by atoms with E-state index in [4.69, 9.17) is 5.73 Å². The summed E-state index contributed by atoms with van der Waals surface area (Å²) in [5, 5.41) is 0. The molecule has 2 aromatic carbocycles. The van der Waals surface area contributed by atoms with E-state index in [1.54, 1.807) is 0 Å². The van der Waals surface area contributed by atoms with Crippen molar-refractivity contribution in [3.63, 3.8) is 0 Å². The topological polar surface area (TPSA) is 63.4 Å². The Kier molecular flexibility index (Phi) is 6.01. The molecule has 0 radical (unpaired) electrons. The van der Waals surface area contributed by atoms with Gasteiger partial charge in [0.2, 0.25) is 5.91 Å². The highest BCUT2D eigenvalue weighted by atomic mass is 19.1. The fourth-order valence-electron chi connectivity index (χ4n) is 3.84. The molecule has 0 aromatic heterocycles. The Hall–Kier alpha value is -2.53. The maximum atomic E-state index is 12.9. The summed E-state index contributed by atoms with van der Waals surface area (Å²) in [6, 6.07) is 15.4. The van der Waals surface area contributed by atoms with Crippen LogP contribution in [0.15, 0.2) is 54.6 Å². The van der Waals surface area contributed by atoms with E-state index < -0.39 is 5.41 Å². The zero-order valence-corrected chi connectivity index (χ0v) is 15.4. The first-order chi connectivity index (χ1) is 13.0. The van der Waals surface area contributed by atoms with Crippen molar-refractivity contribution in [2.45, 2.75) is 31.1 Å². The van der Waals surface area contributed by atoms with Crippen molar-refractivity contribution in [1.29, 1.82) is 0 Å². The van der Waals surface area contributed by atoms with Crippen LogP contribution in [0.3, 0.4) is 0 Å². The molecular formula is C22H25FN2O2. The van der Waals surface area contributed by atoms with Crippen molar-refractivity contribution in [1.82, 2.24) is 4.90 Å². The average molecular weight is 368 g/mol. The third-order valence-corrected chi connectivity index (χ3v) is 5.55. The predicted molar refractivity (Wildman–Crippen MR) is 103 cm³/mol. The van der Waals surface area contributed by atoms with E-state index in [0.29, 0.717) is 24.8 Å². The number of amides is 1. The van der Waals surface area contributed by atoms with Gasteiger partial charge in [0, 0.05) is 12.0 Å². The highest BCUT2D eigenvalue weighted by molar-refractivity contribution is 5.95. The molecule has 1 fully saturated rings. The number of Topliss-reactive ketones (excluding diaryl/α,β-unsaturated/α-hetero) is 1. The minimum atomic E-state index is -0.596. The van der Waals surface area contributed by atoms with Crippen LogP contribution in [-0.2, 0) is 10.2 Å². The summed E-state index contributed by atoms with van der Waals surface area (Å²) in [5.74, 6) is -0.571. The van der Waals surface area contributed by atoms with Crippen LogP contribution in [0.2, 0.25) is 0 Å².